The van der Waals surface area contributed by atoms with Gasteiger partial charge in [0.1, 0.15) is 0 Å². The summed E-state index contributed by atoms with van der Waals surface area (Å²) < 4.78 is 0. The predicted octanol–water partition coefficient (Wildman–Crippen LogP) is 4.26. The van der Waals surface area contributed by atoms with Crippen LogP contribution in [-0.4, -0.2) is 4.98 Å². The van der Waals surface area contributed by atoms with Crippen LogP contribution in [0.4, 0.5) is 0 Å². The van der Waals surface area contributed by atoms with Gasteiger partial charge in [-0.15, -0.1) is 11.6 Å². The van der Waals surface area contributed by atoms with Gasteiger partial charge in [-0.2, -0.15) is 0 Å². The van der Waals surface area contributed by atoms with Crippen LogP contribution in [0.25, 0.3) is 0 Å². The van der Waals surface area contributed by atoms with Crippen molar-refractivity contribution in [3.8, 4) is 0 Å². The lowest BCUT2D eigenvalue weighted by atomic mass is 10.1. The van der Waals surface area contributed by atoms with E-state index in [1.165, 1.54) is 0 Å². The largest absolute Gasteiger partial charge is 0.260 e. The number of nitrogens with zero attached hydrogens (tertiary/aromatic N) is 1. The second-order valence-corrected chi connectivity index (χ2v) is 4.52. The lowest BCUT2D eigenvalue weighted by Crippen LogP contribution is -1.97. The fourth-order valence-corrected chi connectivity index (χ4v) is 2.06. The van der Waals surface area contributed by atoms with E-state index in [0.29, 0.717) is 0 Å². The molecule has 0 amide bonds. The summed E-state index contributed by atoms with van der Waals surface area (Å²) in [7, 11) is 0. The van der Waals surface area contributed by atoms with Gasteiger partial charge in [0.25, 0.3) is 0 Å². The van der Waals surface area contributed by atoms with E-state index in [0.717, 1.165) is 22.7 Å². The minimum Gasteiger partial charge on any atom is -0.260 e. The minimum atomic E-state index is -0.111. The van der Waals surface area contributed by atoms with Crippen LogP contribution in [0, 0.1) is 0 Å². The highest BCUT2D eigenvalue weighted by molar-refractivity contribution is 6.30. The molecule has 0 saturated carbocycles. The molecule has 1 atom stereocenters. The first-order valence-electron chi connectivity index (χ1n) is 5.05. The fraction of sp³-hybridized carbons (Fsp3) is 0.154. The first-order valence-corrected chi connectivity index (χ1v) is 5.86. The summed E-state index contributed by atoms with van der Waals surface area (Å²) in [6.07, 6.45) is 2.49. The highest BCUT2D eigenvalue weighted by Crippen LogP contribution is 2.24. The zero-order valence-electron chi connectivity index (χ0n) is 8.61. The maximum absolute atomic E-state index is 6.29. The van der Waals surface area contributed by atoms with Gasteiger partial charge >= 0.3 is 0 Å². The van der Waals surface area contributed by atoms with Crippen molar-refractivity contribution in [3.05, 3.63) is 64.9 Å². The summed E-state index contributed by atoms with van der Waals surface area (Å²) in [6.45, 7) is 0. The van der Waals surface area contributed by atoms with E-state index >= 15 is 0 Å². The smallest absolute Gasteiger partial charge is 0.0797 e. The molecule has 0 bridgehead atoms. The number of pyridine rings is 1. The zero-order valence-corrected chi connectivity index (χ0v) is 10.1. The van der Waals surface area contributed by atoms with Gasteiger partial charge in [-0.1, -0.05) is 29.8 Å². The first kappa shape index (κ1) is 11.4. The van der Waals surface area contributed by atoms with Crippen molar-refractivity contribution < 1.29 is 0 Å². The van der Waals surface area contributed by atoms with Crippen molar-refractivity contribution in [3.63, 3.8) is 0 Å². The summed E-state index contributed by atoms with van der Waals surface area (Å²) >= 11 is 12.2. The Morgan fingerprint density at radius 1 is 1.12 bits per heavy atom. The number of rotatable bonds is 3. The highest BCUT2D eigenvalue weighted by Gasteiger charge is 2.09. The molecule has 1 unspecified atom stereocenters. The summed E-state index contributed by atoms with van der Waals surface area (Å²) in [5, 5.41) is 0.627. The third-order valence-corrected chi connectivity index (χ3v) is 2.93. The Morgan fingerprint density at radius 2 is 2.00 bits per heavy atom. The van der Waals surface area contributed by atoms with Gasteiger partial charge in [-0.25, -0.2) is 0 Å². The van der Waals surface area contributed by atoms with E-state index in [2.05, 4.69) is 4.98 Å². The fourth-order valence-electron chi connectivity index (χ4n) is 1.54. The molecule has 3 heteroatoms. The predicted molar refractivity (Wildman–Crippen MR) is 68.0 cm³/mol. The second-order valence-electron chi connectivity index (χ2n) is 3.56. The van der Waals surface area contributed by atoms with Crippen molar-refractivity contribution in [2.24, 2.45) is 0 Å². The van der Waals surface area contributed by atoms with Gasteiger partial charge in [0, 0.05) is 11.2 Å². The van der Waals surface area contributed by atoms with E-state index in [1.807, 2.05) is 42.5 Å². The molecule has 0 aliphatic carbocycles. The van der Waals surface area contributed by atoms with E-state index in [-0.39, 0.29) is 5.38 Å². The monoisotopic (exact) mass is 251 g/mol. The van der Waals surface area contributed by atoms with Crippen LogP contribution in [0.5, 0.6) is 0 Å². The van der Waals surface area contributed by atoms with Gasteiger partial charge in [-0.05, 0) is 36.2 Å². The van der Waals surface area contributed by atoms with Crippen molar-refractivity contribution in [1.29, 1.82) is 0 Å². The third-order valence-electron chi connectivity index (χ3n) is 2.31. The third kappa shape index (κ3) is 2.97. The SMILES string of the molecule is Clc1cccc(CC(Cl)c2ccccn2)c1. The Balaban J connectivity index is 2.11. The summed E-state index contributed by atoms with van der Waals surface area (Å²) in [5.41, 5.74) is 2.02. The second kappa shape index (κ2) is 5.33. The molecule has 2 aromatic rings. The average Bonchev–Trinajstić information content (AvgIpc) is 2.30. The Labute approximate surface area is 105 Å². The Morgan fingerprint density at radius 3 is 2.69 bits per heavy atom. The average molecular weight is 252 g/mol. The molecule has 2 rings (SSSR count). The van der Waals surface area contributed by atoms with E-state index in [1.54, 1.807) is 6.20 Å². The standard InChI is InChI=1S/C13H11Cl2N/c14-11-5-3-4-10(8-11)9-12(15)13-6-1-2-7-16-13/h1-8,12H,9H2. The van der Waals surface area contributed by atoms with Gasteiger partial charge in [0.15, 0.2) is 0 Å². The Kier molecular flexibility index (Phi) is 3.81. The number of aromatic nitrogens is 1. The molecular weight excluding hydrogens is 241 g/mol. The number of hydrogen-bond acceptors (Lipinski definition) is 1. The van der Waals surface area contributed by atoms with E-state index in [4.69, 9.17) is 23.2 Å². The molecule has 82 valence electrons. The molecule has 1 nitrogen and oxygen atoms in total. The Bertz CT molecular complexity index is 456. The van der Waals surface area contributed by atoms with E-state index in [9.17, 15) is 0 Å². The molecule has 0 N–H and O–H groups in total. The molecular formula is C13H11Cl2N. The van der Waals surface area contributed by atoms with Crippen LogP contribution in [0.1, 0.15) is 16.6 Å². The molecule has 0 fully saturated rings. The molecule has 1 aromatic heterocycles. The number of alkyl halides is 1. The molecule has 0 radical (unpaired) electrons. The van der Waals surface area contributed by atoms with Crippen LogP contribution in [-0.2, 0) is 6.42 Å². The maximum atomic E-state index is 6.29. The maximum Gasteiger partial charge on any atom is 0.0797 e. The number of hydrogen-bond donors (Lipinski definition) is 0. The number of halogens is 2. The van der Waals surface area contributed by atoms with Gasteiger partial charge in [0.05, 0.1) is 11.1 Å². The molecule has 0 saturated heterocycles. The van der Waals surface area contributed by atoms with Crippen molar-refractivity contribution in [1.82, 2.24) is 4.98 Å². The molecule has 16 heavy (non-hydrogen) atoms. The molecule has 0 spiro atoms. The number of benzene rings is 1. The quantitative estimate of drug-likeness (QED) is 0.744. The molecule has 0 aliphatic rings. The summed E-state index contributed by atoms with van der Waals surface area (Å²) in [5.74, 6) is 0. The Hall–Kier alpha value is -1.05. The molecule has 0 aliphatic heterocycles. The van der Waals surface area contributed by atoms with Gasteiger partial charge in [0.2, 0.25) is 0 Å². The van der Waals surface area contributed by atoms with E-state index < -0.39 is 0 Å². The normalized spacial score (nSPS) is 12.4. The van der Waals surface area contributed by atoms with Crippen molar-refractivity contribution in [2.45, 2.75) is 11.8 Å². The van der Waals surface area contributed by atoms with Crippen LogP contribution in [0.15, 0.2) is 48.7 Å². The van der Waals surface area contributed by atoms with Crippen LogP contribution in [0.2, 0.25) is 5.02 Å². The highest BCUT2D eigenvalue weighted by atomic mass is 35.5. The van der Waals surface area contributed by atoms with Gasteiger partial charge < -0.3 is 0 Å². The zero-order chi connectivity index (χ0) is 11.4. The lowest BCUT2D eigenvalue weighted by Gasteiger charge is -2.08. The summed E-state index contributed by atoms with van der Waals surface area (Å²) in [4.78, 5) is 4.23. The molecule has 1 aromatic carbocycles. The summed E-state index contributed by atoms with van der Waals surface area (Å²) in [6, 6.07) is 13.5. The van der Waals surface area contributed by atoms with Crippen LogP contribution < -0.4 is 0 Å². The topological polar surface area (TPSA) is 12.9 Å². The first-order chi connectivity index (χ1) is 7.75. The van der Waals surface area contributed by atoms with Gasteiger partial charge in [-0.3, -0.25) is 4.98 Å². The van der Waals surface area contributed by atoms with Crippen molar-refractivity contribution >= 4 is 23.2 Å². The van der Waals surface area contributed by atoms with Crippen LogP contribution >= 0.6 is 23.2 Å². The van der Waals surface area contributed by atoms with Crippen LogP contribution in [0.3, 0.4) is 0 Å². The lowest BCUT2D eigenvalue weighted by molar-refractivity contribution is 0.877. The van der Waals surface area contributed by atoms with Crippen molar-refractivity contribution in [2.75, 3.05) is 0 Å². The minimum absolute atomic E-state index is 0.111. The molecule has 1 heterocycles.